The van der Waals surface area contributed by atoms with Crippen molar-refractivity contribution in [1.82, 2.24) is 10.3 Å². The molecule has 1 amide bonds. The van der Waals surface area contributed by atoms with Crippen molar-refractivity contribution in [3.8, 4) is 10.8 Å². The number of non-ortho nitro benzene ring substituents is 1. The van der Waals surface area contributed by atoms with E-state index in [4.69, 9.17) is 4.42 Å². The van der Waals surface area contributed by atoms with Gasteiger partial charge in [0.25, 0.3) is 5.69 Å². The van der Waals surface area contributed by atoms with Crippen LogP contribution in [0.3, 0.4) is 0 Å². The summed E-state index contributed by atoms with van der Waals surface area (Å²) < 4.78 is 5.53. The Balaban J connectivity index is 1.63. The Kier molecular flexibility index (Phi) is 5.13. The van der Waals surface area contributed by atoms with E-state index in [1.807, 2.05) is 24.4 Å². The fourth-order valence-electron chi connectivity index (χ4n) is 2.50. The summed E-state index contributed by atoms with van der Waals surface area (Å²) in [5.74, 6) is 1.29. The van der Waals surface area contributed by atoms with Gasteiger partial charge in [0.05, 0.1) is 23.1 Å². The molecule has 134 valence electrons. The number of aryl methyl sites for hydroxylation is 1. The van der Waals surface area contributed by atoms with Gasteiger partial charge in [0.1, 0.15) is 5.76 Å². The number of carbonyl (C=O) groups is 1. The normalized spacial score (nSPS) is 11.9. The number of aromatic nitrogens is 1. The van der Waals surface area contributed by atoms with Crippen LogP contribution < -0.4 is 5.32 Å². The lowest BCUT2D eigenvalue weighted by Crippen LogP contribution is -2.28. The lowest BCUT2D eigenvalue weighted by Gasteiger charge is -2.13. The van der Waals surface area contributed by atoms with Crippen molar-refractivity contribution in [2.24, 2.45) is 0 Å². The Hall–Kier alpha value is -3.00. The van der Waals surface area contributed by atoms with Gasteiger partial charge in [-0.2, -0.15) is 0 Å². The smallest absolute Gasteiger partial charge is 0.269 e. The van der Waals surface area contributed by atoms with Crippen LogP contribution in [0.5, 0.6) is 0 Å². The van der Waals surface area contributed by atoms with Crippen LogP contribution >= 0.6 is 11.3 Å². The molecule has 1 unspecified atom stereocenters. The van der Waals surface area contributed by atoms with Crippen molar-refractivity contribution in [2.75, 3.05) is 0 Å². The average molecular weight is 371 g/mol. The van der Waals surface area contributed by atoms with Gasteiger partial charge < -0.3 is 9.73 Å². The molecule has 2 aromatic heterocycles. The van der Waals surface area contributed by atoms with Gasteiger partial charge in [0.2, 0.25) is 5.91 Å². The van der Waals surface area contributed by atoms with Crippen molar-refractivity contribution < 1.29 is 14.1 Å². The van der Waals surface area contributed by atoms with Crippen molar-refractivity contribution in [3.05, 3.63) is 68.9 Å². The molecule has 0 aliphatic rings. The summed E-state index contributed by atoms with van der Waals surface area (Å²) in [6, 6.07) is 9.61. The minimum Gasteiger partial charge on any atom is -0.459 e. The van der Waals surface area contributed by atoms with Gasteiger partial charge >= 0.3 is 0 Å². The number of nitrogens with zero attached hydrogens (tertiary/aromatic N) is 2. The molecule has 1 aromatic carbocycles. The van der Waals surface area contributed by atoms with E-state index in [2.05, 4.69) is 10.3 Å². The average Bonchev–Trinajstić information content (AvgIpc) is 3.23. The Bertz CT molecular complexity index is 947. The fraction of sp³-hybridized carbons (Fsp3) is 0.222. The third kappa shape index (κ3) is 4.15. The fourth-order valence-corrected chi connectivity index (χ4v) is 3.28. The molecule has 1 atom stereocenters. The molecule has 0 saturated heterocycles. The number of thiazole rings is 1. The summed E-state index contributed by atoms with van der Waals surface area (Å²) in [5, 5.41) is 16.3. The van der Waals surface area contributed by atoms with Crippen LogP contribution in [0.25, 0.3) is 10.8 Å². The highest BCUT2D eigenvalue weighted by atomic mass is 32.1. The highest BCUT2D eigenvalue weighted by molar-refractivity contribution is 7.13. The molecule has 0 bridgehead atoms. The van der Waals surface area contributed by atoms with Gasteiger partial charge in [-0.25, -0.2) is 4.98 Å². The Morgan fingerprint density at radius 3 is 2.88 bits per heavy atom. The van der Waals surface area contributed by atoms with Crippen LogP contribution in [-0.4, -0.2) is 15.8 Å². The van der Waals surface area contributed by atoms with Gasteiger partial charge in [0, 0.05) is 17.5 Å². The quantitative estimate of drug-likeness (QED) is 0.521. The molecule has 3 aromatic rings. The molecule has 0 fully saturated rings. The second-order valence-corrected chi connectivity index (χ2v) is 6.73. The van der Waals surface area contributed by atoms with E-state index < -0.39 is 4.92 Å². The molecule has 7 nitrogen and oxygen atoms in total. The predicted molar refractivity (Wildman–Crippen MR) is 97.9 cm³/mol. The summed E-state index contributed by atoms with van der Waals surface area (Å²) in [6.45, 7) is 3.65. The van der Waals surface area contributed by atoms with Crippen molar-refractivity contribution in [3.63, 3.8) is 0 Å². The number of hydrogen-bond acceptors (Lipinski definition) is 6. The van der Waals surface area contributed by atoms with E-state index in [1.54, 1.807) is 19.1 Å². The van der Waals surface area contributed by atoms with Crippen molar-refractivity contribution in [2.45, 2.75) is 26.3 Å². The van der Waals surface area contributed by atoms with E-state index in [1.165, 1.54) is 23.5 Å². The lowest BCUT2D eigenvalue weighted by atomic mass is 10.1. The molecule has 0 aliphatic heterocycles. The number of furan rings is 1. The van der Waals surface area contributed by atoms with Gasteiger partial charge in [-0.15, -0.1) is 11.3 Å². The van der Waals surface area contributed by atoms with Crippen LogP contribution in [0.4, 0.5) is 5.69 Å². The summed E-state index contributed by atoms with van der Waals surface area (Å²) in [4.78, 5) is 27.1. The van der Waals surface area contributed by atoms with Crippen molar-refractivity contribution in [1.29, 1.82) is 0 Å². The van der Waals surface area contributed by atoms with Crippen LogP contribution in [-0.2, 0) is 11.2 Å². The zero-order valence-corrected chi connectivity index (χ0v) is 15.1. The van der Waals surface area contributed by atoms with Crippen molar-refractivity contribution >= 4 is 22.9 Å². The molecule has 0 saturated carbocycles. The third-order valence-corrected chi connectivity index (χ3v) is 4.71. The van der Waals surface area contributed by atoms with Crippen LogP contribution in [0, 0.1) is 17.0 Å². The molecule has 26 heavy (non-hydrogen) atoms. The van der Waals surface area contributed by atoms with E-state index in [0.717, 1.165) is 10.8 Å². The number of nitro groups is 1. The lowest BCUT2D eigenvalue weighted by molar-refractivity contribution is -0.384. The largest absolute Gasteiger partial charge is 0.459 e. The third-order valence-electron chi connectivity index (χ3n) is 3.80. The van der Waals surface area contributed by atoms with Gasteiger partial charge in [-0.05, 0) is 31.5 Å². The first-order valence-electron chi connectivity index (χ1n) is 7.97. The molecule has 0 radical (unpaired) electrons. The van der Waals surface area contributed by atoms with Crippen LogP contribution in [0.1, 0.15) is 30.0 Å². The van der Waals surface area contributed by atoms with Gasteiger partial charge in [-0.3, -0.25) is 14.9 Å². The molecule has 0 aliphatic carbocycles. The van der Waals surface area contributed by atoms with E-state index in [0.29, 0.717) is 17.0 Å². The molecule has 3 rings (SSSR count). The number of nitro benzene ring substituents is 1. The molecular formula is C18H17N3O4S. The van der Waals surface area contributed by atoms with Crippen LogP contribution in [0.2, 0.25) is 0 Å². The minimum atomic E-state index is -0.453. The number of carbonyl (C=O) groups excluding carboxylic acids is 1. The number of nitrogens with one attached hydrogen (secondary N) is 1. The maximum Gasteiger partial charge on any atom is 0.269 e. The summed E-state index contributed by atoms with van der Waals surface area (Å²) >= 11 is 1.42. The Morgan fingerprint density at radius 1 is 1.38 bits per heavy atom. The Labute approximate surface area is 153 Å². The zero-order valence-electron chi connectivity index (χ0n) is 14.3. The minimum absolute atomic E-state index is 0.00137. The highest BCUT2D eigenvalue weighted by Gasteiger charge is 2.15. The monoisotopic (exact) mass is 371 g/mol. The number of rotatable bonds is 6. The topological polar surface area (TPSA) is 98.3 Å². The number of benzene rings is 1. The SMILES string of the molecule is Cc1ccc(-c2nc(CC(=O)NC(C)c3cccc([N+](=O)[O-])c3)cs2)o1. The van der Waals surface area contributed by atoms with E-state index in [-0.39, 0.29) is 24.1 Å². The molecule has 1 N–H and O–H groups in total. The molecule has 8 heteroatoms. The summed E-state index contributed by atoms with van der Waals surface area (Å²) in [6.07, 6.45) is 0.134. The molecular weight excluding hydrogens is 354 g/mol. The predicted octanol–water partition coefficient (Wildman–Crippen LogP) is 4.04. The molecule has 0 spiro atoms. The van der Waals surface area contributed by atoms with Gasteiger partial charge in [-0.1, -0.05) is 12.1 Å². The second kappa shape index (κ2) is 7.49. The maximum atomic E-state index is 12.3. The first-order valence-corrected chi connectivity index (χ1v) is 8.85. The zero-order chi connectivity index (χ0) is 18.7. The maximum absolute atomic E-state index is 12.3. The van der Waals surface area contributed by atoms with Crippen LogP contribution in [0.15, 0.2) is 46.2 Å². The summed E-state index contributed by atoms with van der Waals surface area (Å²) in [5.41, 5.74) is 1.34. The summed E-state index contributed by atoms with van der Waals surface area (Å²) in [7, 11) is 0. The number of amides is 1. The Morgan fingerprint density at radius 2 is 2.19 bits per heavy atom. The first kappa shape index (κ1) is 17.8. The second-order valence-electron chi connectivity index (χ2n) is 5.87. The molecule has 2 heterocycles. The highest BCUT2D eigenvalue weighted by Crippen LogP contribution is 2.26. The van der Waals surface area contributed by atoms with Gasteiger partial charge in [0.15, 0.2) is 10.8 Å². The van der Waals surface area contributed by atoms with E-state index in [9.17, 15) is 14.9 Å². The van der Waals surface area contributed by atoms with E-state index >= 15 is 0 Å². The standard InChI is InChI=1S/C18H17N3O4S/c1-11-6-7-16(25-11)18-20-14(10-26-18)9-17(22)19-12(2)13-4-3-5-15(8-13)21(23)24/h3-8,10,12H,9H2,1-2H3,(H,19,22). The first-order chi connectivity index (χ1) is 12.4. The number of hydrogen-bond donors (Lipinski definition) is 1.